The van der Waals surface area contributed by atoms with Crippen LogP contribution in [0.25, 0.3) is 0 Å². The van der Waals surface area contributed by atoms with Crippen LogP contribution in [0.15, 0.2) is 30.3 Å². The second kappa shape index (κ2) is 12.2. The number of imide groups is 1. The molecule has 3 N–H and O–H groups in total. The molecular formula is C25H37N5O7S. The number of hydrogen-bond acceptors (Lipinski definition) is 7. The van der Waals surface area contributed by atoms with Crippen molar-refractivity contribution in [3.05, 3.63) is 35.9 Å². The van der Waals surface area contributed by atoms with Gasteiger partial charge in [0.1, 0.15) is 11.6 Å². The summed E-state index contributed by atoms with van der Waals surface area (Å²) in [6.45, 7) is 3.90. The maximum Gasteiger partial charge on any atom is 0.344 e. The van der Waals surface area contributed by atoms with Crippen molar-refractivity contribution in [1.82, 2.24) is 25.1 Å². The van der Waals surface area contributed by atoms with Crippen molar-refractivity contribution >= 4 is 33.8 Å². The van der Waals surface area contributed by atoms with Gasteiger partial charge < -0.3 is 5.32 Å². The van der Waals surface area contributed by atoms with Crippen molar-refractivity contribution in [3.8, 4) is 0 Å². The predicted molar refractivity (Wildman–Crippen MR) is 138 cm³/mol. The number of rotatable bonds is 11. The molecular weight excluding hydrogens is 514 g/mol. The Hall–Kier alpha value is -3.03. The first kappa shape index (κ1) is 29.5. The second-order valence-electron chi connectivity index (χ2n) is 10.3. The number of piperidine rings is 1. The lowest BCUT2D eigenvalue weighted by atomic mass is 9.88. The number of amides is 5. The fourth-order valence-corrected chi connectivity index (χ4v) is 5.72. The van der Waals surface area contributed by atoms with Gasteiger partial charge in [-0.25, -0.2) is 28.0 Å². The molecule has 38 heavy (non-hydrogen) atoms. The van der Waals surface area contributed by atoms with Crippen LogP contribution < -0.4 is 10.8 Å². The van der Waals surface area contributed by atoms with Crippen LogP contribution in [0.3, 0.4) is 0 Å². The lowest BCUT2D eigenvalue weighted by Crippen LogP contribution is -2.60. The summed E-state index contributed by atoms with van der Waals surface area (Å²) in [4.78, 5) is 53.2. The molecule has 12 nitrogen and oxygen atoms in total. The first-order chi connectivity index (χ1) is 17.9. The molecule has 2 fully saturated rings. The molecule has 0 saturated carbocycles. The number of benzene rings is 1. The average molecular weight is 552 g/mol. The normalized spacial score (nSPS) is 18.5. The minimum atomic E-state index is -3.47. The molecule has 1 aromatic carbocycles. The number of hydroxylamine groups is 1. The van der Waals surface area contributed by atoms with Gasteiger partial charge in [0, 0.05) is 19.5 Å². The Morgan fingerprint density at radius 2 is 1.76 bits per heavy atom. The van der Waals surface area contributed by atoms with Crippen LogP contribution in [0.5, 0.6) is 0 Å². The molecule has 2 heterocycles. The van der Waals surface area contributed by atoms with E-state index in [1.165, 1.54) is 4.31 Å². The van der Waals surface area contributed by atoms with Crippen LogP contribution in [-0.2, 0) is 30.8 Å². The summed E-state index contributed by atoms with van der Waals surface area (Å²) in [5.41, 5.74) is 1.21. The summed E-state index contributed by atoms with van der Waals surface area (Å²) >= 11 is 0. The largest absolute Gasteiger partial charge is 0.344 e. The molecule has 2 aliphatic heterocycles. The van der Waals surface area contributed by atoms with E-state index < -0.39 is 45.4 Å². The molecule has 2 saturated heterocycles. The third-order valence-corrected chi connectivity index (χ3v) is 8.39. The lowest BCUT2D eigenvalue weighted by Gasteiger charge is -2.38. The Kier molecular flexibility index (Phi) is 9.49. The Balaban J connectivity index is 1.89. The topological polar surface area (TPSA) is 156 Å². The minimum absolute atomic E-state index is 0.0164. The van der Waals surface area contributed by atoms with Gasteiger partial charge in [0.2, 0.25) is 15.9 Å². The maximum atomic E-state index is 13.7. The van der Waals surface area contributed by atoms with Gasteiger partial charge in [-0.1, -0.05) is 44.2 Å². The molecule has 13 heteroatoms. The van der Waals surface area contributed by atoms with Gasteiger partial charge in [-0.3, -0.25) is 19.6 Å². The van der Waals surface area contributed by atoms with Crippen molar-refractivity contribution in [2.45, 2.75) is 70.4 Å². The van der Waals surface area contributed by atoms with E-state index in [1.807, 2.05) is 44.2 Å². The zero-order valence-corrected chi connectivity index (χ0v) is 22.9. The lowest BCUT2D eigenvalue weighted by molar-refractivity contribution is -0.167. The molecule has 2 aliphatic rings. The number of hydrazine groups is 1. The first-order valence-electron chi connectivity index (χ1n) is 12.8. The third-order valence-electron chi connectivity index (χ3n) is 7.09. The quantitative estimate of drug-likeness (QED) is 0.213. The van der Waals surface area contributed by atoms with Crippen LogP contribution in [0.2, 0.25) is 0 Å². The third kappa shape index (κ3) is 6.69. The minimum Gasteiger partial charge on any atom is -0.321 e. The molecule has 0 aromatic heterocycles. The van der Waals surface area contributed by atoms with Crippen molar-refractivity contribution in [2.24, 2.45) is 5.92 Å². The van der Waals surface area contributed by atoms with E-state index in [0.717, 1.165) is 16.8 Å². The monoisotopic (exact) mass is 551 g/mol. The molecule has 0 bridgehead atoms. The van der Waals surface area contributed by atoms with Gasteiger partial charge in [-0.15, -0.1) is 0 Å². The van der Waals surface area contributed by atoms with Gasteiger partial charge in [-0.2, -0.15) is 5.01 Å². The molecule has 0 aliphatic carbocycles. The number of carbonyl (C=O) groups is 4. The summed E-state index contributed by atoms with van der Waals surface area (Å²) in [7, 11) is -3.47. The number of nitrogens with zero attached hydrogens (tertiary/aromatic N) is 3. The van der Waals surface area contributed by atoms with Gasteiger partial charge in [0.15, 0.2) is 0 Å². The van der Waals surface area contributed by atoms with E-state index in [2.05, 4.69) is 5.32 Å². The van der Waals surface area contributed by atoms with Crippen LogP contribution in [0, 0.1) is 5.92 Å². The van der Waals surface area contributed by atoms with E-state index in [-0.39, 0.29) is 44.7 Å². The number of urea groups is 1. The molecule has 0 unspecified atom stereocenters. The Morgan fingerprint density at radius 3 is 2.32 bits per heavy atom. The molecule has 1 spiro atoms. The molecule has 3 rings (SSSR count). The second-order valence-corrected chi connectivity index (χ2v) is 12.3. The van der Waals surface area contributed by atoms with Crippen LogP contribution >= 0.6 is 0 Å². The molecule has 0 radical (unpaired) electrons. The summed E-state index contributed by atoms with van der Waals surface area (Å²) in [6.07, 6.45) is 2.68. The summed E-state index contributed by atoms with van der Waals surface area (Å²) < 4.78 is 25.1. The molecule has 210 valence electrons. The van der Waals surface area contributed by atoms with Crippen molar-refractivity contribution in [1.29, 1.82) is 0 Å². The summed E-state index contributed by atoms with van der Waals surface area (Å²) in [6, 6.07) is 7.33. The fourth-order valence-electron chi connectivity index (χ4n) is 4.87. The van der Waals surface area contributed by atoms with E-state index in [0.29, 0.717) is 24.3 Å². The first-order valence-corrected chi connectivity index (χ1v) is 14.7. The van der Waals surface area contributed by atoms with Crippen LogP contribution in [-0.4, -0.2) is 82.6 Å². The summed E-state index contributed by atoms with van der Waals surface area (Å²) in [5.74, 6) is -2.07. The number of hydrogen-bond donors (Lipinski definition) is 3. The number of aryl methyl sites for hydroxylation is 1. The number of carbonyl (C=O) groups excluding carboxylic acids is 4. The highest BCUT2D eigenvalue weighted by Gasteiger charge is 2.57. The Morgan fingerprint density at radius 1 is 1.13 bits per heavy atom. The molecule has 1 aromatic rings. The zero-order valence-electron chi connectivity index (χ0n) is 22.1. The molecule has 1 atom stereocenters. The standard InChI is InChI=1S/C25H37N5O7S/c1-18(2)12-13-21(31)29(20(22(32)27-35)11-7-10-19-8-5-4-6-9-19)30-23(33)25(26-24(30)34)14-16-28(17-15-25)38(3,36)37/h4-6,8-9,18,20,35H,7,10-17H2,1-3H3,(H,26,34)(H,27,32)/t20-/m0/s1. The Labute approximate surface area is 223 Å². The SMILES string of the molecule is CC(C)CCC(=O)N([C@@H](CCCc1ccccc1)C(=O)NO)N1C(=O)NC2(CCN(S(C)(=O)=O)CC2)C1=O. The molecule has 5 amide bonds. The summed E-state index contributed by atoms with van der Waals surface area (Å²) in [5, 5.41) is 13.7. The Bertz CT molecular complexity index is 1130. The van der Waals surface area contributed by atoms with Crippen molar-refractivity contribution < 1.29 is 32.8 Å². The highest BCUT2D eigenvalue weighted by Crippen LogP contribution is 2.32. The van der Waals surface area contributed by atoms with Crippen molar-refractivity contribution in [2.75, 3.05) is 19.3 Å². The predicted octanol–water partition coefficient (Wildman–Crippen LogP) is 1.41. The average Bonchev–Trinajstić information content (AvgIpc) is 3.10. The highest BCUT2D eigenvalue weighted by atomic mass is 32.2. The van der Waals surface area contributed by atoms with E-state index >= 15 is 0 Å². The number of sulfonamides is 1. The van der Waals surface area contributed by atoms with E-state index in [1.54, 1.807) is 5.48 Å². The van der Waals surface area contributed by atoms with Crippen LogP contribution in [0.4, 0.5) is 4.79 Å². The van der Waals surface area contributed by atoms with E-state index in [4.69, 9.17) is 0 Å². The maximum absolute atomic E-state index is 13.7. The van der Waals surface area contributed by atoms with Gasteiger partial charge >= 0.3 is 6.03 Å². The van der Waals surface area contributed by atoms with Crippen LogP contribution in [0.1, 0.15) is 57.9 Å². The van der Waals surface area contributed by atoms with E-state index in [9.17, 15) is 32.8 Å². The number of nitrogens with one attached hydrogen (secondary N) is 2. The smallest absolute Gasteiger partial charge is 0.321 e. The van der Waals surface area contributed by atoms with Gasteiger partial charge in [0.25, 0.3) is 11.8 Å². The van der Waals surface area contributed by atoms with Gasteiger partial charge in [0.05, 0.1) is 6.26 Å². The fraction of sp³-hybridized carbons (Fsp3) is 0.600. The van der Waals surface area contributed by atoms with Crippen molar-refractivity contribution in [3.63, 3.8) is 0 Å². The van der Waals surface area contributed by atoms with Gasteiger partial charge in [-0.05, 0) is 50.0 Å². The highest BCUT2D eigenvalue weighted by molar-refractivity contribution is 7.88. The zero-order chi connectivity index (χ0) is 28.1.